The molecule has 2 aromatic rings. The number of rotatable bonds is 6. The van der Waals surface area contributed by atoms with Crippen molar-refractivity contribution in [1.29, 1.82) is 0 Å². The molecule has 0 bridgehead atoms. The summed E-state index contributed by atoms with van der Waals surface area (Å²) in [7, 11) is -0.0687. The summed E-state index contributed by atoms with van der Waals surface area (Å²) >= 11 is 0. The van der Waals surface area contributed by atoms with E-state index in [9.17, 15) is 8.42 Å². The minimum Gasteiger partial charge on any atom is -0.392 e. The van der Waals surface area contributed by atoms with Gasteiger partial charge in [0.1, 0.15) is 0 Å². The molecule has 21 heavy (non-hydrogen) atoms. The second kappa shape index (κ2) is 6.38. The molecular weight excluding hydrogens is 290 g/mol. The van der Waals surface area contributed by atoms with Crippen LogP contribution in [0.5, 0.6) is 0 Å². The van der Waals surface area contributed by atoms with Crippen molar-refractivity contribution in [2.24, 2.45) is 7.05 Å². The van der Waals surface area contributed by atoms with Crippen molar-refractivity contribution in [3.05, 3.63) is 53.3 Å². The molecule has 0 radical (unpaired) electrons. The second-order valence-electron chi connectivity index (χ2n) is 5.01. The molecule has 114 valence electrons. The summed E-state index contributed by atoms with van der Waals surface area (Å²) in [6.07, 6.45) is 3.44. The molecule has 0 saturated heterocycles. The Morgan fingerprint density at radius 3 is 2.62 bits per heavy atom. The number of aromatic nitrogens is 2. The lowest BCUT2D eigenvalue weighted by Crippen LogP contribution is -2.27. The van der Waals surface area contributed by atoms with E-state index >= 15 is 0 Å². The number of aliphatic hydroxyl groups excluding tert-OH is 1. The van der Waals surface area contributed by atoms with Crippen LogP contribution in [0.3, 0.4) is 0 Å². The predicted molar refractivity (Wildman–Crippen MR) is 79.7 cm³/mol. The van der Waals surface area contributed by atoms with Gasteiger partial charge < -0.3 is 5.11 Å². The van der Waals surface area contributed by atoms with Crippen LogP contribution in [0.4, 0.5) is 0 Å². The van der Waals surface area contributed by atoms with E-state index in [0.29, 0.717) is 11.1 Å². The van der Waals surface area contributed by atoms with Crippen LogP contribution in [0.2, 0.25) is 0 Å². The first-order chi connectivity index (χ1) is 9.90. The minimum atomic E-state index is -3.41. The van der Waals surface area contributed by atoms with Crippen LogP contribution in [0.25, 0.3) is 0 Å². The molecule has 0 saturated carbocycles. The highest BCUT2D eigenvalue weighted by molar-refractivity contribution is 7.88. The first-order valence-electron chi connectivity index (χ1n) is 6.51. The average molecular weight is 309 g/mol. The normalized spacial score (nSPS) is 12.0. The smallest absolute Gasteiger partial charge is 0.218 e. The molecule has 0 aliphatic rings. The van der Waals surface area contributed by atoms with E-state index in [1.165, 1.54) is 4.31 Å². The minimum absolute atomic E-state index is 0.0857. The number of hydrogen-bond donors (Lipinski definition) is 1. The van der Waals surface area contributed by atoms with Gasteiger partial charge in [-0.05, 0) is 11.1 Å². The maximum atomic E-state index is 12.3. The third-order valence-electron chi connectivity index (χ3n) is 3.16. The van der Waals surface area contributed by atoms with Crippen molar-refractivity contribution in [2.45, 2.75) is 18.9 Å². The fourth-order valence-corrected chi connectivity index (χ4v) is 3.21. The standard InChI is InChI=1S/C14H19N3O3S/c1-16-8-14(7-15-16)9-17(2)21(19,20)11-13-5-3-4-12(6-13)10-18/h3-8,18H,9-11H2,1-2H3. The fraction of sp³-hybridized carbons (Fsp3) is 0.357. The van der Waals surface area contributed by atoms with E-state index in [1.807, 2.05) is 0 Å². The molecule has 2 rings (SSSR count). The van der Waals surface area contributed by atoms with Gasteiger partial charge in [-0.1, -0.05) is 24.3 Å². The van der Waals surface area contributed by atoms with E-state index in [-0.39, 0.29) is 18.9 Å². The fourth-order valence-electron chi connectivity index (χ4n) is 2.05. The van der Waals surface area contributed by atoms with E-state index in [0.717, 1.165) is 5.56 Å². The zero-order valence-corrected chi connectivity index (χ0v) is 12.9. The Morgan fingerprint density at radius 2 is 2.00 bits per heavy atom. The monoisotopic (exact) mass is 309 g/mol. The van der Waals surface area contributed by atoms with Crippen LogP contribution in [-0.4, -0.2) is 34.7 Å². The van der Waals surface area contributed by atoms with Gasteiger partial charge in [0.25, 0.3) is 0 Å². The predicted octanol–water partition coefficient (Wildman–Crippen LogP) is 0.874. The summed E-state index contributed by atoms with van der Waals surface area (Å²) in [5.41, 5.74) is 2.21. The van der Waals surface area contributed by atoms with E-state index in [4.69, 9.17) is 5.11 Å². The molecule has 0 fully saturated rings. The van der Waals surface area contributed by atoms with E-state index < -0.39 is 10.0 Å². The zero-order valence-electron chi connectivity index (χ0n) is 12.1. The maximum absolute atomic E-state index is 12.3. The van der Waals surface area contributed by atoms with Gasteiger partial charge in [-0.25, -0.2) is 12.7 Å². The number of nitrogens with zero attached hydrogens (tertiary/aromatic N) is 3. The molecular formula is C14H19N3O3S. The number of benzene rings is 1. The molecule has 0 amide bonds. The molecule has 1 N–H and O–H groups in total. The Kier molecular flexibility index (Phi) is 4.76. The highest BCUT2D eigenvalue weighted by atomic mass is 32.2. The summed E-state index contributed by atoms with van der Waals surface area (Å²) < 4.78 is 27.6. The highest BCUT2D eigenvalue weighted by Crippen LogP contribution is 2.14. The number of hydrogen-bond acceptors (Lipinski definition) is 4. The van der Waals surface area contributed by atoms with Gasteiger partial charge in [-0.3, -0.25) is 4.68 Å². The summed E-state index contributed by atoms with van der Waals surface area (Å²) in [4.78, 5) is 0. The molecule has 0 spiro atoms. The zero-order chi connectivity index (χ0) is 15.5. The van der Waals surface area contributed by atoms with Crippen LogP contribution in [0.15, 0.2) is 36.7 Å². The molecule has 1 aromatic heterocycles. The second-order valence-corrected chi connectivity index (χ2v) is 7.09. The summed E-state index contributed by atoms with van der Waals surface area (Å²) in [6, 6.07) is 6.96. The lowest BCUT2D eigenvalue weighted by Gasteiger charge is -2.16. The van der Waals surface area contributed by atoms with Gasteiger partial charge in [0.2, 0.25) is 10.0 Å². The summed E-state index contributed by atoms with van der Waals surface area (Å²) in [5, 5.41) is 13.1. The topological polar surface area (TPSA) is 75.4 Å². The van der Waals surface area contributed by atoms with Gasteiger partial charge >= 0.3 is 0 Å². The van der Waals surface area contributed by atoms with Gasteiger partial charge in [-0.15, -0.1) is 0 Å². The summed E-state index contributed by atoms with van der Waals surface area (Å²) in [5.74, 6) is -0.0857. The molecule has 0 unspecified atom stereocenters. The Bertz CT molecular complexity index is 710. The van der Waals surface area contributed by atoms with Crippen molar-refractivity contribution in [3.8, 4) is 0 Å². The quantitative estimate of drug-likeness (QED) is 0.859. The molecule has 1 heterocycles. The Balaban J connectivity index is 2.09. The third kappa shape index (κ3) is 4.13. The number of aryl methyl sites for hydroxylation is 1. The maximum Gasteiger partial charge on any atom is 0.218 e. The van der Waals surface area contributed by atoms with Crippen LogP contribution in [0, 0.1) is 0 Å². The van der Waals surface area contributed by atoms with E-state index in [2.05, 4.69) is 5.10 Å². The Labute approximate surface area is 124 Å². The molecule has 6 nitrogen and oxygen atoms in total. The largest absolute Gasteiger partial charge is 0.392 e. The van der Waals surface area contributed by atoms with Crippen LogP contribution in [-0.2, 0) is 36.0 Å². The van der Waals surface area contributed by atoms with Gasteiger partial charge in [0.05, 0.1) is 18.6 Å². The summed E-state index contributed by atoms with van der Waals surface area (Å²) in [6.45, 7) is 0.190. The van der Waals surface area contributed by atoms with Gasteiger partial charge in [0.15, 0.2) is 0 Å². The molecule has 0 aliphatic heterocycles. The molecule has 7 heteroatoms. The molecule has 0 aliphatic carbocycles. The van der Waals surface area contributed by atoms with Crippen LogP contribution in [0.1, 0.15) is 16.7 Å². The molecule has 0 atom stereocenters. The van der Waals surface area contributed by atoms with Gasteiger partial charge in [-0.2, -0.15) is 5.10 Å². The third-order valence-corrected chi connectivity index (χ3v) is 4.94. The van der Waals surface area contributed by atoms with Gasteiger partial charge in [0, 0.05) is 32.4 Å². The average Bonchev–Trinajstić information content (AvgIpc) is 2.83. The Hall–Kier alpha value is -1.70. The van der Waals surface area contributed by atoms with Crippen molar-refractivity contribution >= 4 is 10.0 Å². The van der Waals surface area contributed by atoms with Crippen molar-refractivity contribution in [1.82, 2.24) is 14.1 Å². The van der Waals surface area contributed by atoms with Crippen molar-refractivity contribution in [3.63, 3.8) is 0 Å². The first-order valence-corrected chi connectivity index (χ1v) is 8.12. The first kappa shape index (κ1) is 15.7. The van der Waals surface area contributed by atoms with Crippen LogP contribution >= 0.6 is 0 Å². The lowest BCUT2D eigenvalue weighted by molar-refractivity contribution is 0.281. The van der Waals surface area contributed by atoms with Crippen LogP contribution < -0.4 is 0 Å². The highest BCUT2D eigenvalue weighted by Gasteiger charge is 2.19. The SMILES string of the molecule is CN(Cc1cnn(C)c1)S(=O)(=O)Cc1cccc(CO)c1. The lowest BCUT2D eigenvalue weighted by atomic mass is 10.1. The number of aliphatic hydroxyl groups is 1. The number of sulfonamides is 1. The Morgan fingerprint density at radius 1 is 1.29 bits per heavy atom. The van der Waals surface area contributed by atoms with Crippen molar-refractivity contribution < 1.29 is 13.5 Å². The molecule has 1 aromatic carbocycles. The van der Waals surface area contributed by atoms with Crippen molar-refractivity contribution in [2.75, 3.05) is 7.05 Å². The van der Waals surface area contributed by atoms with E-state index in [1.54, 1.807) is 55.4 Å².